The molecule has 0 saturated carbocycles. The van der Waals surface area contributed by atoms with Crippen LogP contribution in [-0.4, -0.2) is 18.2 Å². The lowest BCUT2D eigenvalue weighted by Gasteiger charge is -2.04. The summed E-state index contributed by atoms with van der Waals surface area (Å²) in [4.78, 5) is 11.2. The van der Waals surface area contributed by atoms with Crippen molar-refractivity contribution in [2.75, 3.05) is 13.6 Å². The van der Waals surface area contributed by atoms with Crippen LogP contribution in [0.5, 0.6) is 0 Å². The third kappa shape index (κ3) is 2.46. The van der Waals surface area contributed by atoms with E-state index in [1.807, 2.05) is 7.05 Å². The molecule has 1 rings (SSSR count). The van der Waals surface area contributed by atoms with Gasteiger partial charge in [0.2, 0.25) is 0 Å². The van der Waals surface area contributed by atoms with Crippen LogP contribution in [0.4, 0.5) is 0 Å². The summed E-state index contributed by atoms with van der Waals surface area (Å²) in [5.41, 5.74) is 0.0356. The molecule has 3 nitrogen and oxygen atoms in total. The number of aromatic nitrogens is 1. The molecule has 0 amide bonds. The Morgan fingerprint density at radius 3 is 3.00 bits per heavy atom. The smallest absolute Gasteiger partial charge is 0.250 e. The zero-order valence-electron chi connectivity index (χ0n) is 6.88. The van der Waals surface area contributed by atoms with Crippen LogP contribution in [0.2, 0.25) is 0 Å². The Balaban J connectivity index is 2.83. The normalized spacial score (nSPS) is 10.2. The number of nitrogens with zero attached hydrogens (tertiary/aromatic N) is 1. The van der Waals surface area contributed by atoms with E-state index in [-0.39, 0.29) is 5.56 Å². The van der Waals surface area contributed by atoms with Gasteiger partial charge in [-0.3, -0.25) is 4.79 Å². The molecule has 0 spiro atoms. The predicted molar refractivity (Wildman–Crippen MR) is 52.3 cm³/mol. The van der Waals surface area contributed by atoms with Crippen molar-refractivity contribution in [3.63, 3.8) is 0 Å². The number of nitrogens with one attached hydrogen (secondary N) is 1. The summed E-state index contributed by atoms with van der Waals surface area (Å²) in [5, 5.41) is 2.99. The first-order valence-electron chi connectivity index (χ1n) is 3.74. The van der Waals surface area contributed by atoms with Crippen molar-refractivity contribution in [3.8, 4) is 0 Å². The van der Waals surface area contributed by atoms with E-state index in [4.69, 9.17) is 0 Å². The minimum Gasteiger partial charge on any atom is -0.318 e. The Kier molecular flexibility index (Phi) is 3.49. The SMILES string of the molecule is CNCCn1cc(Br)ccc1=O. The summed E-state index contributed by atoms with van der Waals surface area (Å²) in [7, 11) is 1.86. The third-order valence-corrected chi connectivity index (χ3v) is 2.02. The van der Waals surface area contributed by atoms with Gasteiger partial charge in [0.1, 0.15) is 0 Å². The van der Waals surface area contributed by atoms with Gasteiger partial charge in [0.25, 0.3) is 5.56 Å². The van der Waals surface area contributed by atoms with Crippen molar-refractivity contribution < 1.29 is 0 Å². The van der Waals surface area contributed by atoms with Crippen LogP contribution in [0.15, 0.2) is 27.6 Å². The van der Waals surface area contributed by atoms with E-state index in [1.165, 1.54) is 0 Å². The van der Waals surface area contributed by atoms with Gasteiger partial charge in [-0.2, -0.15) is 0 Å². The van der Waals surface area contributed by atoms with Gasteiger partial charge in [0.05, 0.1) is 0 Å². The van der Waals surface area contributed by atoms with Crippen molar-refractivity contribution in [1.82, 2.24) is 9.88 Å². The molecular weight excluding hydrogens is 220 g/mol. The molecule has 1 heterocycles. The molecule has 0 radical (unpaired) electrons. The van der Waals surface area contributed by atoms with Gasteiger partial charge in [-0.25, -0.2) is 0 Å². The lowest BCUT2D eigenvalue weighted by molar-refractivity contribution is 0.625. The molecule has 0 aromatic carbocycles. The molecule has 1 N–H and O–H groups in total. The Hall–Kier alpha value is -0.610. The molecule has 0 atom stereocenters. The zero-order chi connectivity index (χ0) is 8.97. The van der Waals surface area contributed by atoms with Gasteiger partial charge in [-0.1, -0.05) is 0 Å². The van der Waals surface area contributed by atoms with Crippen molar-refractivity contribution >= 4 is 15.9 Å². The number of likely N-dealkylation sites (N-methyl/N-ethyl adjacent to an activating group) is 1. The molecule has 0 fully saturated rings. The topological polar surface area (TPSA) is 34.0 Å². The highest BCUT2D eigenvalue weighted by Crippen LogP contribution is 2.04. The molecule has 0 bridgehead atoms. The number of rotatable bonds is 3. The summed E-state index contributed by atoms with van der Waals surface area (Å²) in [6.07, 6.45) is 1.79. The van der Waals surface area contributed by atoms with Crippen LogP contribution in [0.1, 0.15) is 0 Å². The fourth-order valence-corrected chi connectivity index (χ4v) is 1.29. The van der Waals surface area contributed by atoms with Crippen molar-refractivity contribution in [2.45, 2.75) is 6.54 Å². The first kappa shape index (κ1) is 9.48. The minimum atomic E-state index is 0.0356. The summed E-state index contributed by atoms with van der Waals surface area (Å²) < 4.78 is 2.60. The Labute approximate surface area is 79.5 Å². The highest BCUT2D eigenvalue weighted by molar-refractivity contribution is 9.10. The maximum Gasteiger partial charge on any atom is 0.250 e. The van der Waals surface area contributed by atoms with Crippen LogP contribution < -0.4 is 10.9 Å². The molecular formula is C8H11BrN2O. The molecule has 0 aliphatic heterocycles. The maximum atomic E-state index is 11.2. The van der Waals surface area contributed by atoms with Crippen LogP contribution in [0.3, 0.4) is 0 Å². The van der Waals surface area contributed by atoms with E-state index < -0.39 is 0 Å². The van der Waals surface area contributed by atoms with Crippen molar-refractivity contribution in [2.24, 2.45) is 0 Å². The first-order chi connectivity index (χ1) is 5.74. The van der Waals surface area contributed by atoms with Gasteiger partial charge in [0, 0.05) is 29.8 Å². The lowest BCUT2D eigenvalue weighted by atomic mass is 10.4. The van der Waals surface area contributed by atoms with E-state index in [1.54, 1.807) is 22.9 Å². The largest absolute Gasteiger partial charge is 0.318 e. The zero-order valence-corrected chi connectivity index (χ0v) is 8.47. The summed E-state index contributed by atoms with van der Waals surface area (Å²) in [6.45, 7) is 1.51. The summed E-state index contributed by atoms with van der Waals surface area (Å²) >= 11 is 3.31. The summed E-state index contributed by atoms with van der Waals surface area (Å²) in [6, 6.07) is 3.30. The maximum absolute atomic E-state index is 11.2. The van der Waals surface area contributed by atoms with Gasteiger partial charge < -0.3 is 9.88 Å². The Morgan fingerprint density at radius 1 is 1.58 bits per heavy atom. The van der Waals surface area contributed by atoms with Crippen LogP contribution in [-0.2, 0) is 6.54 Å². The predicted octanol–water partition coefficient (Wildman–Crippen LogP) is 0.830. The Bertz CT molecular complexity index is 308. The van der Waals surface area contributed by atoms with E-state index >= 15 is 0 Å². The molecule has 0 aliphatic rings. The fourth-order valence-electron chi connectivity index (χ4n) is 0.909. The molecule has 0 unspecified atom stereocenters. The second kappa shape index (κ2) is 4.42. The lowest BCUT2D eigenvalue weighted by Crippen LogP contribution is -2.24. The molecule has 0 saturated heterocycles. The average molecular weight is 231 g/mol. The van der Waals surface area contributed by atoms with Gasteiger partial charge in [-0.15, -0.1) is 0 Å². The highest BCUT2D eigenvalue weighted by atomic mass is 79.9. The van der Waals surface area contributed by atoms with Crippen LogP contribution >= 0.6 is 15.9 Å². The Morgan fingerprint density at radius 2 is 2.33 bits per heavy atom. The third-order valence-electron chi connectivity index (χ3n) is 1.55. The highest BCUT2D eigenvalue weighted by Gasteiger charge is 1.94. The number of halogens is 1. The standard InChI is InChI=1S/C8H11BrN2O/c1-10-4-5-11-6-7(9)2-3-8(11)12/h2-3,6,10H,4-5H2,1H3. The second-order valence-electron chi connectivity index (χ2n) is 2.48. The molecule has 1 aromatic rings. The molecule has 66 valence electrons. The first-order valence-corrected chi connectivity index (χ1v) is 4.54. The van der Waals surface area contributed by atoms with E-state index in [0.717, 1.165) is 11.0 Å². The number of hydrogen-bond donors (Lipinski definition) is 1. The molecule has 1 aromatic heterocycles. The van der Waals surface area contributed by atoms with Gasteiger partial charge >= 0.3 is 0 Å². The molecule has 0 aliphatic carbocycles. The monoisotopic (exact) mass is 230 g/mol. The van der Waals surface area contributed by atoms with Crippen LogP contribution in [0.25, 0.3) is 0 Å². The quantitative estimate of drug-likeness (QED) is 0.835. The van der Waals surface area contributed by atoms with Gasteiger partial charge in [-0.05, 0) is 29.0 Å². The second-order valence-corrected chi connectivity index (χ2v) is 3.40. The van der Waals surface area contributed by atoms with Gasteiger partial charge in [0.15, 0.2) is 0 Å². The molecule has 12 heavy (non-hydrogen) atoms. The fraction of sp³-hybridized carbons (Fsp3) is 0.375. The number of pyridine rings is 1. The van der Waals surface area contributed by atoms with Crippen molar-refractivity contribution in [3.05, 3.63) is 33.2 Å². The van der Waals surface area contributed by atoms with E-state index in [2.05, 4.69) is 21.2 Å². The van der Waals surface area contributed by atoms with E-state index in [0.29, 0.717) is 6.54 Å². The van der Waals surface area contributed by atoms with E-state index in [9.17, 15) is 4.79 Å². The molecule has 4 heteroatoms. The van der Waals surface area contributed by atoms with Crippen LogP contribution in [0, 0.1) is 0 Å². The summed E-state index contributed by atoms with van der Waals surface area (Å²) in [5.74, 6) is 0. The minimum absolute atomic E-state index is 0.0356. The van der Waals surface area contributed by atoms with Crippen molar-refractivity contribution in [1.29, 1.82) is 0 Å². The average Bonchev–Trinajstić information content (AvgIpc) is 2.07. The number of hydrogen-bond acceptors (Lipinski definition) is 2.